The summed E-state index contributed by atoms with van der Waals surface area (Å²) in [6.45, 7) is 0.557. The van der Waals surface area contributed by atoms with Crippen LogP contribution in [0.2, 0.25) is 5.02 Å². The van der Waals surface area contributed by atoms with E-state index >= 15 is 0 Å². The fourth-order valence-electron chi connectivity index (χ4n) is 1.20. The van der Waals surface area contributed by atoms with Crippen molar-refractivity contribution in [3.8, 4) is 0 Å². The van der Waals surface area contributed by atoms with Crippen molar-refractivity contribution in [3.63, 3.8) is 0 Å². The number of hydrogen-bond donors (Lipinski definition) is 2. The summed E-state index contributed by atoms with van der Waals surface area (Å²) in [5, 5.41) is 3.90. The van der Waals surface area contributed by atoms with Crippen LogP contribution in [0.15, 0.2) is 36.7 Å². The normalized spacial score (nSPS) is 10.1. The molecule has 2 rings (SSSR count). The van der Waals surface area contributed by atoms with E-state index in [9.17, 15) is 0 Å². The van der Waals surface area contributed by atoms with Gasteiger partial charge in [-0.05, 0) is 24.3 Å². The molecule has 2 aromatic rings. The number of hydrogen-bond acceptors (Lipinski definition) is 4. The average molecular weight is 235 g/mol. The lowest BCUT2D eigenvalue weighted by Crippen LogP contribution is -2.04. The second-order valence-electron chi connectivity index (χ2n) is 3.29. The van der Waals surface area contributed by atoms with Gasteiger partial charge in [-0.1, -0.05) is 11.6 Å². The maximum Gasteiger partial charge on any atom is 0.147 e. The Kier molecular flexibility index (Phi) is 3.22. The van der Waals surface area contributed by atoms with Gasteiger partial charge in [0.05, 0.1) is 24.6 Å². The third-order valence-corrected chi connectivity index (χ3v) is 2.27. The minimum Gasteiger partial charge on any atom is -0.396 e. The van der Waals surface area contributed by atoms with Crippen molar-refractivity contribution in [2.75, 3.05) is 11.1 Å². The maximum atomic E-state index is 5.78. The Morgan fingerprint density at radius 3 is 2.38 bits per heavy atom. The van der Waals surface area contributed by atoms with Crippen molar-refractivity contribution < 1.29 is 0 Å². The Morgan fingerprint density at radius 1 is 1.12 bits per heavy atom. The van der Waals surface area contributed by atoms with Crippen molar-refractivity contribution in [1.29, 1.82) is 0 Å². The smallest absolute Gasteiger partial charge is 0.147 e. The van der Waals surface area contributed by atoms with Gasteiger partial charge in [0.25, 0.3) is 0 Å². The number of nitrogen functional groups attached to an aromatic ring is 1. The molecule has 16 heavy (non-hydrogen) atoms. The van der Waals surface area contributed by atoms with Crippen LogP contribution in [0.1, 0.15) is 5.82 Å². The molecule has 0 saturated carbocycles. The number of benzene rings is 1. The molecule has 1 heterocycles. The lowest BCUT2D eigenvalue weighted by atomic mass is 10.3. The van der Waals surface area contributed by atoms with Gasteiger partial charge >= 0.3 is 0 Å². The predicted octanol–water partition coefficient (Wildman–Crippen LogP) is 2.32. The number of anilines is 2. The summed E-state index contributed by atoms with van der Waals surface area (Å²) in [7, 11) is 0. The van der Waals surface area contributed by atoms with Gasteiger partial charge < -0.3 is 11.1 Å². The summed E-state index contributed by atoms with van der Waals surface area (Å²) in [5.74, 6) is 0.698. The van der Waals surface area contributed by atoms with Crippen LogP contribution in [-0.2, 0) is 6.54 Å². The van der Waals surface area contributed by atoms with Crippen LogP contribution < -0.4 is 11.1 Å². The fraction of sp³-hybridized carbons (Fsp3) is 0.0909. The highest BCUT2D eigenvalue weighted by Crippen LogP contribution is 2.13. The molecule has 0 radical (unpaired) electrons. The van der Waals surface area contributed by atoms with E-state index in [-0.39, 0.29) is 0 Å². The van der Waals surface area contributed by atoms with Crippen LogP contribution in [0.25, 0.3) is 0 Å². The van der Waals surface area contributed by atoms with Crippen molar-refractivity contribution >= 4 is 23.0 Å². The van der Waals surface area contributed by atoms with Crippen LogP contribution >= 0.6 is 11.6 Å². The Bertz CT molecular complexity index is 407. The van der Waals surface area contributed by atoms with E-state index in [1.54, 1.807) is 12.4 Å². The van der Waals surface area contributed by atoms with Crippen LogP contribution in [0.3, 0.4) is 0 Å². The van der Waals surface area contributed by atoms with Crippen molar-refractivity contribution in [2.24, 2.45) is 0 Å². The lowest BCUT2D eigenvalue weighted by molar-refractivity contribution is 0.951. The summed E-state index contributed by atoms with van der Waals surface area (Å²) in [4.78, 5) is 8.17. The van der Waals surface area contributed by atoms with Gasteiger partial charge in [-0.3, -0.25) is 0 Å². The summed E-state index contributed by atoms with van der Waals surface area (Å²) in [6, 6.07) is 7.46. The number of rotatable bonds is 3. The van der Waals surface area contributed by atoms with E-state index in [1.165, 1.54) is 0 Å². The molecule has 3 N–H and O–H groups in total. The maximum absolute atomic E-state index is 5.78. The summed E-state index contributed by atoms with van der Waals surface area (Å²) >= 11 is 5.78. The first kappa shape index (κ1) is 10.7. The first-order valence-electron chi connectivity index (χ1n) is 4.80. The molecule has 0 bridgehead atoms. The fourth-order valence-corrected chi connectivity index (χ4v) is 1.33. The molecule has 0 spiro atoms. The quantitative estimate of drug-likeness (QED) is 0.856. The molecule has 5 heteroatoms. The van der Waals surface area contributed by atoms with Gasteiger partial charge in [0.1, 0.15) is 5.82 Å². The molecule has 82 valence electrons. The monoisotopic (exact) mass is 234 g/mol. The second-order valence-corrected chi connectivity index (χ2v) is 3.73. The number of nitrogens with two attached hydrogens (primary N) is 1. The van der Waals surface area contributed by atoms with Gasteiger partial charge in [-0.2, -0.15) is 0 Å². The molecule has 4 nitrogen and oxygen atoms in total. The zero-order valence-electron chi connectivity index (χ0n) is 8.52. The molecule has 0 fully saturated rings. The predicted molar refractivity (Wildman–Crippen MR) is 65.2 cm³/mol. The molecule has 0 unspecified atom stereocenters. The lowest BCUT2D eigenvalue weighted by Gasteiger charge is -2.05. The highest BCUT2D eigenvalue weighted by Gasteiger charge is 1.96. The molecule has 0 aliphatic carbocycles. The Labute approximate surface area is 98.5 Å². The molecule has 0 aliphatic heterocycles. The topological polar surface area (TPSA) is 63.8 Å². The SMILES string of the molecule is Nc1cnc(CNc2ccc(Cl)cc2)nc1. The van der Waals surface area contributed by atoms with E-state index in [1.807, 2.05) is 24.3 Å². The van der Waals surface area contributed by atoms with Crippen LogP contribution in [0, 0.1) is 0 Å². The van der Waals surface area contributed by atoms with E-state index < -0.39 is 0 Å². The van der Waals surface area contributed by atoms with Crippen molar-refractivity contribution in [3.05, 3.63) is 47.5 Å². The molecular formula is C11H11ClN4. The van der Waals surface area contributed by atoms with Gasteiger partial charge in [-0.25, -0.2) is 9.97 Å². The standard InChI is InChI=1S/C11H11ClN4/c12-8-1-3-10(4-2-8)14-7-11-15-5-9(13)6-16-11/h1-6,14H,7,13H2. The third kappa shape index (κ3) is 2.84. The molecule has 0 amide bonds. The molecular weight excluding hydrogens is 224 g/mol. The molecule has 0 aliphatic rings. The minimum absolute atomic E-state index is 0.557. The van der Waals surface area contributed by atoms with Gasteiger partial charge in [0, 0.05) is 10.7 Å². The van der Waals surface area contributed by atoms with Gasteiger partial charge in [-0.15, -0.1) is 0 Å². The number of halogens is 1. The second kappa shape index (κ2) is 4.81. The van der Waals surface area contributed by atoms with Crippen molar-refractivity contribution in [1.82, 2.24) is 9.97 Å². The zero-order chi connectivity index (χ0) is 11.4. The molecule has 1 aromatic heterocycles. The zero-order valence-corrected chi connectivity index (χ0v) is 9.28. The van der Waals surface area contributed by atoms with E-state index in [2.05, 4.69) is 15.3 Å². The third-order valence-electron chi connectivity index (χ3n) is 2.02. The average Bonchev–Trinajstić information content (AvgIpc) is 2.30. The number of nitrogens with one attached hydrogen (secondary N) is 1. The Hall–Kier alpha value is -1.81. The van der Waals surface area contributed by atoms with E-state index in [0.29, 0.717) is 23.1 Å². The number of nitrogens with zero attached hydrogens (tertiary/aromatic N) is 2. The van der Waals surface area contributed by atoms with Crippen LogP contribution in [-0.4, -0.2) is 9.97 Å². The Morgan fingerprint density at radius 2 is 1.75 bits per heavy atom. The van der Waals surface area contributed by atoms with Crippen LogP contribution in [0.4, 0.5) is 11.4 Å². The van der Waals surface area contributed by atoms with Gasteiger partial charge in [0.2, 0.25) is 0 Å². The largest absolute Gasteiger partial charge is 0.396 e. The van der Waals surface area contributed by atoms with Gasteiger partial charge in [0.15, 0.2) is 0 Å². The van der Waals surface area contributed by atoms with E-state index in [4.69, 9.17) is 17.3 Å². The number of aromatic nitrogens is 2. The first-order chi connectivity index (χ1) is 7.74. The van der Waals surface area contributed by atoms with E-state index in [0.717, 1.165) is 5.69 Å². The molecule has 1 aromatic carbocycles. The Balaban J connectivity index is 1.97. The summed E-state index contributed by atoms with van der Waals surface area (Å²) in [5.41, 5.74) is 7.03. The summed E-state index contributed by atoms with van der Waals surface area (Å²) in [6.07, 6.45) is 3.18. The highest BCUT2D eigenvalue weighted by molar-refractivity contribution is 6.30. The van der Waals surface area contributed by atoms with Crippen LogP contribution in [0.5, 0.6) is 0 Å². The molecule has 0 atom stereocenters. The minimum atomic E-state index is 0.557. The molecule has 0 saturated heterocycles. The van der Waals surface area contributed by atoms with Crippen molar-refractivity contribution in [2.45, 2.75) is 6.54 Å². The summed E-state index contributed by atoms with van der Waals surface area (Å²) < 4.78 is 0. The highest BCUT2D eigenvalue weighted by atomic mass is 35.5. The first-order valence-corrected chi connectivity index (χ1v) is 5.18.